The standard InChI is InChI=1S/C12H13N3O/c1-8-2-4-9(5-3-8)6-10-7-11(13)12(16)15-14-10/h2-5,7H,6H2,1H3,(H2,13,14)(H,15,16). The molecular formula is C12H13N3O. The van der Waals surface area contributed by atoms with E-state index in [4.69, 9.17) is 5.73 Å². The maximum absolute atomic E-state index is 11.0. The molecule has 0 saturated heterocycles. The van der Waals surface area contributed by atoms with Crippen molar-refractivity contribution >= 4 is 5.69 Å². The summed E-state index contributed by atoms with van der Waals surface area (Å²) in [5.74, 6) is 0. The Labute approximate surface area is 93.1 Å². The lowest BCUT2D eigenvalue weighted by Gasteiger charge is -2.02. The first kappa shape index (κ1) is 10.4. The molecule has 1 aromatic heterocycles. The van der Waals surface area contributed by atoms with Crippen LogP contribution in [0.2, 0.25) is 0 Å². The van der Waals surface area contributed by atoms with Crippen LogP contribution in [0.25, 0.3) is 0 Å². The molecule has 4 heteroatoms. The minimum atomic E-state index is -0.340. The quantitative estimate of drug-likeness (QED) is 0.792. The van der Waals surface area contributed by atoms with Crippen molar-refractivity contribution in [3.8, 4) is 0 Å². The average molecular weight is 215 g/mol. The van der Waals surface area contributed by atoms with Gasteiger partial charge in [-0.05, 0) is 18.6 Å². The van der Waals surface area contributed by atoms with Crippen LogP contribution in [-0.4, -0.2) is 10.2 Å². The molecule has 4 nitrogen and oxygen atoms in total. The first-order chi connectivity index (χ1) is 7.65. The molecule has 0 unspecified atom stereocenters. The van der Waals surface area contributed by atoms with Crippen LogP contribution in [0.15, 0.2) is 35.1 Å². The Kier molecular flexibility index (Phi) is 2.72. The van der Waals surface area contributed by atoms with Gasteiger partial charge in [0.2, 0.25) is 0 Å². The molecule has 0 aliphatic heterocycles. The molecule has 16 heavy (non-hydrogen) atoms. The molecule has 0 aliphatic rings. The molecule has 0 amide bonds. The Morgan fingerprint density at radius 3 is 2.62 bits per heavy atom. The molecular weight excluding hydrogens is 202 g/mol. The van der Waals surface area contributed by atoms with Gasteiger partial charge in [0.1, 0.15) is 5.69 Å². The number of hydrogen-bond acceptors (Lipinski definition) is 3. The smallest absolute Gasteiger partial charge is 0.287 e. The van der Waals surface area contributed by atoms with Gasteiger partial charge in [-0.15, -0.1) is 0 Å². The Morgan fingerprint density at radius 2 is 2.00 bits per heavy atom. The molecule has 2 aromatic rings. The fraction of sp³-hybridized carbons (Fsp3) is 0.167. The highest BCUT2D eigenvalue weighted by atomic mass is 16.1. The molecule has 2 rings (SSSR count). The zero-order chi connectivity index (χ0) is 11.5. The number of nitrogen functional groups attached to an aromatic ring is 1. The van der Waals surface area contributed by atoms with Crippen molar-refractivity contribution in [3.05, 3.63) is 57.5 Å². The number of aromatic nitrogens is 2. The molecule has 0 aliphatic carbocycles. The molecule has 0 bridgehead atoms. The van der Waals surface area contributed by atoms with Gasteiger partial charge in [-0.3, -0.25) is 4.79 Å². The summed E-state index contributed by atoms with van der Waals surface area (Å²) < 4.78 is 0. The summed E-state index contributed by atoms with van der Waals surface area (Å²) in [5.41, 5.74) is 8.51. The van der Waals surface area contributed by atoms with Gasteiger partial charge in [0.15, 0.2) is 0 Å². The van der Waals surface area contributed by atoms with Gasteiger partial charge in [-0.1, -0.05) is 29.8 Å². The van der Waals surface area contributed by atoms with E-state index in [1.165, 1.54) is 5.56 Å². The zero-order valence-electron chi connectivity index (χ0n) is 9.03. The van der Waals surface area contributed by atoms with Crippen molar-refractivity contribution in [2.75, 3.05) is 5.73 Å². The number of H-pyrrole nitrogens is 1. The van der Waals surface area contributed by atoms with Crippen molar-refractivity contribution in [1.29, 1.82) is 0 Å². The van der Waals surface area contributed by atoms with E-state index in [0.29, 0.717) is 6.42 Å². The first-order valence-electron chi connectivity index (χ1n) is 5.05. The van der Waals surface area contributed by atoms with Crippen molar-refractivity contribution in [2.45, 2.75) is 13.3 Å². The van der Waals surface area contributed by atoms with E-state index in [-0.39, 0.29) is 11.2 Å². The third kappa shape index (κ3) is 2.28. The second-order valence-electron chi connectivity index (χ2n) is 3.81. The van der Waals surface area contributed by atoms with Gasteiger partial charge in [0.25, 0.3) is 5.56 Å². The highest BCUT2D eigenvalue weighted by Crippen LogP contribution is 2.08. The molecule has 0 spiro atoms. The molecule has 3 N–H and O–H groups in total. The summed E-state index contributed by atoms with van der Waals surface area (Å²) in [5, 5.41) is 6.31. The lowest BCUT2D eigenvalue weighted by molar-refractivity contribution is 0.914. The fourth-order valence-corrected chi connectivity index (χ4v) is 1.47. The minimum Gasteiger partial charge on any atom is -0.394 e. The van der Waals surface area contributed by atoms with Crippen LogP contribution in [0.4, 0.5) is 5.69 Å². The number of anilines is 1. The van der Waals surface area contributed by atoms with E-state index >= 15 is 0 Å². The summed E-state index contributed by atoms with van der Waals surface area (Å²) in [7, 11) is 0. The van der Waals surface area contributed by atoms with Gasteiger partial charge in [-0.25, -0.2) is 5.10 Å². The molecule has 0 saturated carbocycles. The van der Waals surface area contributed by atoms with Gasteiger partial charge in [0.05, 0.1) is 5.69 Å². The highest BCUT2D eigenvalue weighted by Gasteiger charge is 2.01. The van der Waals surface area contributed by atoms with E-state index in [1.807, 2.05) is 31.2 Å². The SMILES string of the molecule is Cc1ccc(Cc2cc(N)c(=O)[nH]n2)cc1. The summed E-state index contributed by atoms with van der Waals surface area (Å²) in [6.07, 6.45) is 0.668. The Balaban J connectivity index is 2.23. The van der Waals surface area contributed by atoms with Crippen LogP contribution in [0.5, 0.6) is 0 Å². The van der Waals surface area contributed by atoms with Gasteiger partial charge >= 0.3 is 0 Å². The molecule has 0 radical (unpaired) electrons. The maximum Gasteiger partial charge on any atom is 0.287 e. The number of nitrogens with one attached hydrogen (secondary N) is 1. The van der Waals surface area contributed by atoms with E-state index < -0.39 is 0 Å². The van der Waals surface area contributed by atoms with Crippen LogP contribution in [0, 0.1) is 6.92 Å². The maximum atomic E-state index is 11.0. The van der Waals surface area contributed by atoms with Gasteiger partial charge in [0, 0.05) is 6.42 Å². The van der Waals surface area contributed by atoms with E-state index in [1.54, 1.807) is 6.07 Å². The lowest BCUT2D eigenvalue weighted by atomic mass is 10.1. The number of nitrogens with zero attached hydrogens (tertiary/aromatic N) is 1. The Hall–Kier alpha value is -2.10. The lowest BCUT2D eigenvalue weighted by Crippen LogP contribution is -2.14. The topological polar surface area (TPSA) is 71.8 Å². The molecule has 0 atom stereocenters. The fourth-order valence-electron chi connectivity index (χ4n) is 1.47. The molecule has 1 heterocycles. The van der Waals surface area contributed by atoms with Crippen molar-refractivity contribution in [1.82, 2.24) is 10.2 Å². The van der Waals surface area contributed by atoms with E-state index in [0.717, 1.165) is 11.3 Å². The number of aryl methyl sites for hydroxylation is 1. The first-order valence-corrected chi connectivity index (χ1v) is 5.05. The van der Waals surface area contributed by atoms with Gasteiger partial charge in [-0.2, -0.15) is 5.10 Å². The van der Waals surface area contributed by atoms with Crippen LogP contribution in [0.1, 0.15) is 16.8 Å². The monoisotopic (exact) mass is 215 g/mol. The van der Waals surface area contributed by atoms with Crippen molar-refractivity contribution in [2.24, 2.45) is 0 Å². The minimum absolute atomic E-state index is 0.206. The van der Waals surface area contributed by atoms with E-state index in [2.05, 4.69) is 10.2 Å². The van der Waals surface area contributed by atoms with E-state index in [9.17, 15) is 4.79 Å². The average Bonchev–Trinajstić information content (AvgIpc) is 2.27. The summed E-state index contributed by atoms with van der Waals surface area (Å²) >= 11 is 0. The largest absolute Gasteiger partial charge is 0.394 e. The normalized spacial score (nSPS) is 10.3. The zero-order valence-corrected chi connectivity index (χ0v) is 9.03. The van der Waals surface area contributed by atoms with Crippen molar-refractivity contribution < 1.29 is 0 Å². The van der Waals surface area contributed by atoms with Crippen LogP contribution in [0.3, 0.4) is 0 Å². The highest BCUT2D eigenvalue weighted by molar-refractivity contribution is 5.36. The Morgan fingerprint density at radius 1 is 1.31 bits per heavy atom. The van der Waals surface area contributed by atoms with Crippen LogP contribution >= 0.6 is 0 Å². The van der Waals surface area contributed by atoms with Crippen LogP contribution < -0.4 is 11.3 Å². The summed E-state index contributed by atoms with van der Waals surface area (Å²) in [4.78, 5) is 11.0. The third-order valence-corrected chi connectivity index (χ3v) is 2.39. The molecule has 82 valence electrons. The summed E-state index contributed by atoms with van der Waals surface area (Å²) in [6.45, 7) is 2.04. The second-order valence-corrected chi connectivity index (χ2v) is 3.81. The number of hydrogen-bond donors (Lipinski definition) is 2. The van der Waals surface area contributed by atoms with Crippen molar-refractivity contribution in [3.63, 3.8) is 0 Å². The number of nitrogens with two attached hydrogens (primary N) is 1. The molecule has 1 aromatic carbocycles. The Bertz CT molecular complexity index is 543. The molecule has 0 fully saturated rings. The van der Waals surface area contributed by atoms with Gasteiger partial charge < -0.3 is 5.73 Å². The van der Waals surface area contributed by atoms with Crippen LogP contribution in [-0.2, 0) is 6.42 Å². The number of benzene rings is 1. The predicted octanol–water partition coefficient (Wildman–Crippen LogP) is 1.25. The predicted molar refractivity (Wildman–Crippen MR) is 63.3 cm³/mol. The summed E-state index contributed by atoms with van der Waals surface area (Å²) in [6, 6.07) is 9.78. The number of aromatic amines is 1. The second kappa shape index (κ2) is 4.18. The number of rotatable bonds is 2. The third-order valence-electron chi connectivity index (χ3n) is 2.39.